The number of amides is 1. The minimum Gasteiger partial charge on any atom is -0.343 e. The molecule has 0 spiro atoms. The van der Waals surface area contributed by atoms with Crippen LogP contribution in [0, 0.1) is 24.1 Å². The van der Waals surface area contributed by atoms with Crippen LogP contribution >= 0.6 is 0 Å². The average Bonchev–Trinajstić information content (AvgIpc) is 3.15. The maximum Gasteiger partial charge on any atom is 0.417 e. The molecular formula is C19H16F4N8O. The molecule has 0 bridgehead atoms. The predicted octanol–water partition coefficient (Wildman–Crippen LogP) is 3.74. The van der Waals surface area contributed by atoms with Crippen LogP contribution in [0.15, 0.2) is 29.5 Å². The zero-order chi connectivity index (χ0) is 23.6. The second-order valence-electron chi connectivity index (χ2n) is 7.05. The highest BCUT2D eigenvalue weighted by molar-refractivity contribution is 5.99. The quantitative estimate of drug-likeness (QED) is 0.305. The van der Waals surface area contributed by atoms with Crippen molar-refractivity contribution in [2.45, 2.75) is 31.6 Å². The van der Waals surface area contributed by atoms with Crippen LogP contribution in [-0.2, 0) is 11.0 Å². The van der Waals surface area contributed by atoms with Gasteiger partial charge < -0.3 is 4.90 Å². The van der Waals surface area contributed by atoms with Gasteiger partial charge in [0.15, 0.2) is 0 Å². The van der Waals surface area contributed by atoms with Gasteiger partial charge in [-0.3, -0.25) is 9.69 Å². The van der Waals surface area contributed by atoms with Crippen molar-refractivity contribution in [3.8, 4) is 6.07 Å². The van der Waals surface area contributed by atoms with Gasteiger partial charge in [-0.25, -0.2) is 14.4 Å². The fourth-order valence-electron chi connectivity index (χ4n) is 3.57. The summed E-state index contributed by atoms with van der Waals surface area (Å²) in [7, 11) is 1.35. The summed E-state index contributed by atoms with van der Waals surface area (Å²) in [5, 5.41) is 13.1. The van der Waals surface area contributed by atoms with Gasteiger partial charge in [-0.1, -0.05) is 5.11 Å². The van der Waals surface area contributed by atoms with Crippen molar-refractivity contribution in [3.63, 3.8) is 0 Å². The number of aromatic nitrogens is 2. The van der Waals surface area contributed by atoms with Crippen molar-refractivity contribution in [3.05, 3.63) is 57.5 Å². The van der Waals surface area contributed by atoms with Gasteiger partial charge in [-0.05, 0) is 37.1 Å². The van der Waals surface area contributed by atoms with E-state index in [9.17, 15) is 27.6 Å². The molecule has 0 aromatic carbocycles. The number of rotatable bonds is 4. The van der Waals surface area contributed by atoms with Gasteiger partial charge in [0.05, 0.1) is 17.8 Å². The topological polar surface area (TPSA) is 122 Å². The molecule has 166 valence electrons. The highest BCUT2D eigenvalue weighted by Crippen LogP contribution is 2.38. The SMILES string of the molecule is Cc1cc(C(F)(F)F)c(C#N)c(N2CC[C@@H](N=[N+]=[N-])[C@H]2C(=O)N(C)c2ccc(F)cn2)n1. The fourth-order valence-corrected chi connectivity index (χ4v) is 3.57. The molecule has 0 aliphatic carbocycles. The van der Waals surface area contributed by atoms with E-state index in [1.54, 1.807) is 6.07 Å². The van der Waals surface area contributed by atoms with Crippen LogP contribution in [0.4, 0.5) is 29.2 Å². The fraction of sp³-hybridized carbons (Fsp3) is 0.368. The van der Waals surface area contributed by atoms with Crippen LogP contribution < -0.4 is 9.80 Å². The number of likely N-dealkylation sites (N-methyl/N-ethyl adjacent to an activating group) is 1. The van der Waals surface area contributed by atoms with Crippen LogP contribution in [0.3, 0.4) is 0 Å². The number of hydrogen-bond acceptors (Lipinski definition) is 6. The third-order valence-corrected chi connectivity index (χ3v) is 5.02. The molecule has 1 saturated heterocycles. The van der Waals surface area contributed by atoms with Crippen molar-refractivity contribution in [2.75, 3.05) is 23.4 Å². The number of nitrogens with zero attached hydrogens (tertiary/aromatic N) is 8. The molecule has 32 heavy (non-hydrogen) atoms. The molecule has 0 radical (unpaired) electrons. The molecule has 2 aromatic rings. The summed E-state index contributed by atoms with van der Waals surface area (Å²) in [6.07, 6.45) is -3.76. The van der Waals surface area contributed by atoms with E-state index in [1.807, 2.05) is 0 Å². The monoisotopic (exact) mass is 448 g/mol. The Hall–Kier alpha value is -3.91. The molecule has 1 fully saturated rings. The van der Waals surface area contributed by atoms with Gasteiger partial charge in [0.1, 0.15) is 35.1 Å². The van der Waals surface area contributed by atoms with E-state index in [0.717, 1.165) is 23.2 Å². The number of carbonyl (C=O) groups is 1. The van der Waals surface area contributed by atoms with Gasteiger partial charge in [-0.15, -0.1) is 0 Å². The molecule has 2 atom stereocenters. The Balaban J connectivity index is 2.11. The molecule has 0 N–H and O–H groups in total. The molecule has 1 amide bonds. The summed E-state index contributed by atoms with van der Waals surface area (Å²) >= 11 is 0. The van der Waals surface area contributed by atoms with Crippen LogP contribution in [0.2, 0.25) is 0 Å². The van der Waals surface area contributed by atoms with E-state index in [0.29, 0.717) is 0 Å². The number of hydrogen-bond donors (Lipinski definition) is 0. The third kappa shape index (κ3) is 4.26. The molecule has 3 heterocycles. The molecule has 9 nitrogen and oxygen atoms in total. The number of aryl methyl sites for hydroxylation is 1. The number of anilines is 2. The smallest absolute Gasteiger partial charge is 0.343 e. The Bertz CT molecular complexity index is 1120. The summed E-state index contributed by atoms with van der Waals surface area (Å²) in [4.78, 5) is 26.3. The minimum absolute atomic E-state index is 0.00156. The van der Waals surface area contributed by atoms with E-state index < -0.39 is 41.1 Å². The lowest BCUT2D eigenvalue weighted by Gasteiger charge is -2.31. The molecule has 1 aliphatic heterocycles. The predicted molar refractivity (Wildman–Crippen MR) is 105 cm³/mol. The van der Waals surface area contributed by atoms with E-state index >= 15 is 0 Å². The highest BCUT2D eigenvalue weighted by atomic mass is 19.4. The number of alkyl halides is 3. The molecular weight excluding hydrogens is 432 g/mol. The van der Waals surface area contributed by atoms with E-state index in [-0.39, 0.29) is 30.3 Å². The van der Waals surface area contributed by atoms with Gasteiger partial charge >= 0.3 is 6.18 Å². The lowest BCUT2D eigenvalue weighted by molar-refractivity contribution is -0.137. The minimum atomic E-state index is -4.81. The zero-order valence-corrected chi connectivity index (χ0v) is 16.9. The zero-order valence-electron chi connectivity index (χ0n) is 16.9. The van der Waals surface area contributed by atoms with E-state index in [1.165, 1.54) is 24.9 Å². The summed E-state index contributed by atoms with van der Waals surface area (Å²) in [5.41, 5.74) is 7.00. The van der Waals surface area contributed by atoms with Gasteiger partial charge in [0, 0.05) is 24.2 Å². The summed E-state index contributed by atoms with van der Waals surface area (Å²) in [6.45, 7) is 1.36. The van der Waals surface area contributed by atoms with E-state index in [2.05, 4.69) is 20.0 Å². The Kier molecular flexibility index (Phi) is 6.18. The second-order valence-corrected chi connectivity index (χ2v) is 7.05. The Morgan fingerprint density at radius 2 is 2.16 bits per heavy atom. The Labute approximate surface area is 179 Å². The normalized spacial score (nSPS) is 18.1. The number of pyridine rings is 2. The van der Waals surface area contributed by atoms with Crippen molar-refractivity contribution < 1.29 is 22.4 Å². The Morgan fingerprint density at radius 3 is 2.72 bits per heavy atom. The van der Waals surface area contributed by atoms with Crippen LogP contribution in [0.1, 0.15) is 23.2 Å². The number of azide groups is 1. The van der Waals surface area contributed by atoms with Crippen LogP contribution in [-0.4, -0.2) is 41.6 Å². The first-order valence-corrected chi connectivity index (χ1v) is 9.27. The first kappa shape index (κ1) is 22.8. The molecule has 0 saturated carbocycles. The lowest BCUT2D eigenvalue weighted by atomic mass is 10.1. The largest absolute Gasteiger partial charge is 0.417 e. The summed E-state index contributed by atoms with van der Waals surface area (Å²) < 4.78 is 53.8. The van der Waals surface area contributed by atoms with Crippen molar-refractivity contribution in [1.29, 1.82) is 5.26 Å². The molecule has 2 aromatic heterocycles. The molecule has 13 heteroatoms. The number of nitriles is 1. The Morgan fingerprint density at radius 1 is 1.44 bits per heavy atom. The summed E-state index contributed by atoms with van der Waals surface area (Å²) in [6, 6.07) is 2.47. The first-order chi connectivity index (χ1) is 15.1. The first-order valence-electron chi connectivity index (χ1n) is 9.27. The molecule has 0 unspecified atom stereocenters. The van der Waals surface area contributed by atoms with Gasteiger partial charge in [0.2, 0.25) is 0 Å². The molecule has 1 aliphatic rings. The number of halogens is 4. The number of carbonyl (C=O) groups excluding carboxylic acids is 1. The summed E-state index contributed by atoms with van der Waals surface area (Å²) in [5.74, 6) is -1.53. The van der Waals surface area contributed by atoms with E-state index in [4.69, 9.17) is 5.53 Å². The van der Waals surface area contributed by atoms with Gasteiger partial charge in [-0.2, -0.15) is 18.4 Å². The highest BCUT2D eigenvalue weighted by Gasteiger charge is 2.44. The van der Waals surface area contributed by atoms with Crippen molar-refractivity contribution >= 4 is 17.5 Å². The standard InChI is InChI=1S/C19H16F4N8O/c1-10-7-13(19(21,22)23)12(8-24)17(27-10)31-6-5-14(28-29-25)16(31)18(32)30(2)15-4-3-11(20)9-26-15/h3-4,7,9,14,16H,5-6H2,1-2H3/t14-,16+/m1/s1. The van der Waals surface area contributed by atoms with Crippen LogP contribution in [0.5, 0.6) is 0 Å². The van der Waals surface area contributed by atoms with Crippen molar-refractivity contribution in [2.24, 2.45) is 5.11 Å². The third-order valence-electron chi connectivity index (χ3n) is 5.02. The van der Waals surface area contributed by atoms with Gasteiger partial charge in [0.25, 0.3) is 5.91 Å². The lowest BCUT2D eigenvalue weighted by Crippen LogP contribution is -2.49. The average molecular weight is 448 g/mol. The van der Waals surface area contributed by atoms with Crippen LogP contribution in [0.25, 0.3) is 10.4 Å². The molecule has 3 rings (SSSR count). The maximum absolute atomic E-state index is 13.5. The maximum atomic E-state index is 13.5. The van der Waals surface area contributed by atoms with Crippen molar-refractivity contribution in [1.82, 2.24) is 9.97 Å². The second kappa shape index (κ2) is 8.68.